The van der Waals surface area contributed by atoms with Gasteiger partial charge >= 0.3 is 0 Å². The molecule has 3 aromatic rings. The Bertz CT molecular complexity index is 721. The number of benzene rings is 2. The van der Waals surface area contributed by atoms with Crippen LogP contribution in [0, 0.1) is 6.92 Å². The zero-order valence-electron chi connectivity index (χ0n) is 11.4. The van der Waals surface area contributed by atoms with Crippen LogP contribution in [-0.2, 0) is 6.61 Å². The number of ether oxygens (including phenoxy) is 1. The van der Waals surface area contributed by atoms with Crippen molar-refractivity contribution in [2.45, 2.75) is 13.5 Å². The highest BCUT2D eigenvalue weighted by atomic mass is 79.9. The molecule has 1 heterocycles. The van der Waals surface area contributed by atoms with Crippen molar-refractivity contribution in [1.82, 2.24) is 10.1 Å². The van der Waals surface area contributed by atoms with Crippen molar-refractivity contribution >= 4 is 15.9 Å². The number of aromatic nitrogens is 2. The molecule has 0 spiro atoms. The molecule has 0 saturated heterocycles. The largest absolute Gasteiger partial charge is 0.485 e. The Kier molecular flexibility index (Phi) is 4.01. The molecule has 106 valence electrons. The summed E-state index contributed by atoms with van der Waals surface area (Å²) in [4.78, 5) is 4.33. The molecule has 0 aliphatic carbocycles. The third kappa shape index (κ3) is 3.49. The molecule has 0 aliphatic rings. The van der Waals surface area contributed by atoms with Gasteiger partial charge in [0, 0.05) is 10.0 Å². The fourth-order valence-electron chi connectivity index (χ4n) is 1.80. The number of hydrogen-bond acceptors (Lipinski definition) is 4. The average Bonchev–Trinajstić information content (AvgIpc) is 2.96. The summed E-state index contributed by atoms with van der Waals surface area (Å²) in [6.07, 6.45) is 0. The smallest absolute Gasteiger partial charge is 0.258 e. The second-order valence-corrected chi connectivity index (χ2v) is 5.54. The maximum atomic E-state index is 5.61. The second-order valence-electron chi connectivity index (χ2n) is 4.62. The van der Waals surface area contributed by atoms with Crippen LogP contribution in [0.4, 0.5) is 0 Å². The minimum Gasteiger partial charge on any atom is -0.485 e. The Morgan fingerprint density at radius 2 is 1.76 bits per heavy atom. The minimum absolute atomic E-state index is 0.275. The second kappa shape index (κ2) is 6.10. The Hall–Kier alpha value is -2.14. The van der Waals surface area contributed by atoms with Gasteiger partial charge in [-0.1, -0.05) is 38.8 Å². The average molecular weight is 345 g/mol. The highest BCUT2D eigenvalue weighted by Crippen LogP contribution is 2.19. The third-order valence-electron chi connectivity index (χ3n) is 2.95. The Morgan fingerprint density at radius 3 is 2.48 bits per heavy atom. The van der Waals surface area contributed by atoms with Crippen LogP contribution in [0.5, 0.6) is 5.75 Å². The van der Waals surface area contributed by atoms with Gasteiger partial charge < -0.3 is 9.26 Å². The molecule has 0 amide bonds. The first-order valence-electron chi connectivity index (χ1n) is 6.49. The summed E-state index contributed by atoms with van der Waals surface area (Å²) in [5, 5.41) is 3.93. The number of hydrogen-bond donors (Lipinski definition) is 0. The van der Waals surface area contributed by atoms with E-state index < -0.39 is 0 Å². The summed E-state index contributed by atoms with van der Waals surface area (Å²) >= 11 is 3.38. The van der Waals surface area contributed by atoms with Crippen molar-refractivity contribution in [1.29, 1.82) is 0 Å². The highest BCUT2D eigenvalue weighted by molar-refractivity contribution is 9.10. The van der Waals surface area contributed by atoms with Gasteiger partial charge in [-0.25, -0.2) is 0 Å². The molecule has 1 aromatic heterocycles. The van der Waals surface area contributed by atoms with E-state index in [9.17, 15) is 0 Å². The lowest BCUT2D eigenvalue weighted by molar-refractivity contribution is 0.287. The van der Waals surface area contributed by atoms with E-state index in [1.807, 2.05) is 55.5 Å². The number of halogens is 1. The van der Waals surface area contributed by atoms with Crippen molar-refractivity contribution in [3.63, 3.8) is 0 Å². The summed E-state index contributed by atoms with van der Waals surface area (Å²) in [5.41, 5.74) is 2.10. The minimum atomic E-state index is 0.275. The van der Waals surface area contributed by atoms with Gasteiger partial charge in [-0.05, 0) is 43.3 Å². The first kappa shape index (κ1) is 13.8. The molecular formula is C16H13BrN2O2. The van der Waals surface area contributed by atoms with Gasteiger partial charge in [0.2, 0.25) is 5.82 Å². The summed E-state index contributed by atoms with van der Waals surface area (Å²) < 4.78 is 11.9. The maximum Gasteiger partial charge on any atom is 0.258 e. The van der Waals surface area contributed by atoms with Crippen molar-refractivity contribution < 1.29 is 9.26 Å². The van der Waals surface area contributed by atoms with Gasteiger partial charge in [0.05, 0.1) is 0 Å². The van der Waals surface area contributed by atoms with Gasteiger partial charge in [-0.15, -0.1) is 0 Å². The fraction of sp³-hybridized carbons (Fsp3) is 0.125. The molecule has 0 aliphatic heterocycles. The summed E-state index contributed by atoms with van der Waals surface area (Å²) in [6, 6.07) is 15.5. The van der Waals surface area contributed by atoms with Crippen molar-refractivity contribution in [3.05, 3.63) is 64.4 Å². The predicted octanol–water partition coefficient (Wildman–Crippen LogP) is 4.39. The van der Waals surface area contributed by atoms with Crippen LogP contribution in [0.1, 0.15) is 11.4 Å². The van der Waals surface area contributed by atoms with Crippen LogP contribution in [0.3, 0.4) is 0 Å². The van der Waals surface area contributed by atoms with E-state index in [-0.39, 0.29) is 6.61 Å². The molecule has 0 fully saturated rings. The lowest BCUT2D eigenvalue weighted by Gasteiger charge is -2.02. The topological polar surface area (TPSA) is 48.2 Å². The fourth-order valence-corrected chi connectivity index (χ4v) is 2.07. The van der Waals surface area contributed by atoms with Gasteiger partial charge in [-0.2, -0.15) is 4.98 Å². The zero-order valence-corrected chi connectivity index (χ0v) is 13.0. The number of aryl methyl sites for hydroxylation is 1. The zero-order chi connectivity index (χ0) is 14.7. The van der Waals surface area contributed by atoms with E-state index >= 15 is 0 Å². The monoisotopic (exact) mass is 344 g/mol. The molecule has 0 radical (unpaired) electrons. The molecule has 5 heteroatoms. The molecule has 3 rings (SSSR count). The predicted molar refractivity (Wildman–Crippen MR) is 82.9 cm³/mol. The van der Waals surface area contributed by atoms with Crippen LogP contribution < -0.4 is 4.74 Å². The summed E-state index contributed by atoms with van der Waals surface area (Å²) in [5.74, 6) is 1.79. The molecule has 4 nitrogen and oxygen atoms in total. The van der Waals surface area contributed by atoms with E-state index in [1.54, 1.807) is 0 Å². The Morgan fingerprint density at radius 1 is 1.05 bits per heavy atom. The van der Waals surface area contributed by atoms with Gasteiger partial charge in [0.1, 0.15) is 5.75 Å². The lowest BCUT2D eigenvalue weighted by atomic mass is 10.1. The summed E-state index contributed by atoms with van der Waals surface area (Å²) in [6.45, 7) is 2.31. The van der Waals surface area contributed by atoms with E-state index in [2.05, 4.69) is 26.1 Å². The standard InChI is InChI=1S/C16H13BrN2O2/c1-11-2-4-12(5-3-11)16-18-15(19-21-16)10-20-14-8-6-13(17)7-9-14/h2-9H,10H2,1H3. The van der Waals surface area contributed by atoms with Crippen LogP contribution in [0.2, 0.25) is 0 Å². The SMILES string of the molecule is Cc1ccc(-c2nc(COc3ccc(Br)cc3)no2)cc1. The van der Waals surface area contributed by atoms with Gasteiger partial charge in [0.25, 0.3) is 5.89 Å². The van der Waals surface area contributed by atoms with E-state index in [0.29, 0.717) is 11.7 Å². The molecule has 2 aromatic carbocycles. The molecule has 0 bridgehead atoms. The summed E-state index contributed by atoms with van der Waals surface area (Å²) in [7, 11) is 0. The van der Waals surface area contributed by atoms with Crippen molar-refractivity contribution in [3.8, 4) is 17.2 Å². The highest BCUT2D eigenvalue weighted by Gasteiger charge is 2.09. The quantitative estimate of drug-likeness (QED) is 0.704. The third-order valence-corrected chi connectivity index (χ3v) is 3.48. The lowest BCUT2D eigenvalue weighted by Crippen LogP contribution is -1.97. The van der Waals surface area contributed by atoms with Crippen LogP contribution in [-0.4, -0.2) is 10.1 Å². The van der Waals surface area contributed by atoms with Crippen molar-refractivity contribution in [2.24, 2.45) is 0 Å². The van der Waals surface area contributed by atoms with Gasteiger partial charge in [0.15, 0.2) is 6.61 Å². The molecule has 0 unspecified atom stereocenters. The van der Waals surface area contributed by atoms with Crippen molar-refractivity contribution in [2.75, 3.05) is 0 Å². The van der Waals surface area contributed by atoms with Gasteiger partial charge in [-0.3, -0.25) is 0 Å². The maximum absolute atomic E-state index is 5.61. The first-order valence-corrected chi connectivity index (χ1v) is 7.28. The molecule has 0 atom stereocenters. The van der Waals surface area contributed by atoms with Crippen LogP contribution >= 0.6 is 15.9 Å². The molecule has 0 N–H and O–H groups in total. The molecule has 21 heavy (non-hydrogen) atoms. The Balaban J connectivity index is 1.67. The normalized spacial score (nSPS) is 10.6. The van der Waals surface area contributed by atoms with E-state index in [0.717, 1.165) is 15.8 Å². The van der Waals surface area contributed by atoms with E-state index in [4.69, 9.17) is 9.26 Å². The molecule has 0 saturated carbocycles. The van der Waals surface area contributed by atoms with E-state index in [1.165, 1.54) is 5.56 Å². The number of rotatable bonds is 4. The first-order chi connectivity index (χ1) is 10.2. The Labute approximate surface area is 130 Å². The number of nitrogens with zero attached hydrogens (tertiary/aromatic N) is 2. The van der Waals surface area contributed by atoms with Crippen LogP contribution in [0.15, 0.2) is 57.5 Å². The van der Waals surface area contributed by atoms with Crippen LogP contribution in [0.25, 0.3) is 11.5 Å². The molecular weight excluding hydrogens is 332 g/mol.